The summed E-state index contributed by atoms with van der Waals surface area (Å²) in [5.74, 6) is -1.68. The quantitative estimate of drug-likeness (QED) is 0.638. The molecule has 1 unspecified atom stereocenters. The molecule has 180 valence electrons. The van der Waals surface area contributed by atoms with Gasteiger partial charge in [-0.2, -0.15) is 14.5 Å². The van der Waals surface area contributed by atoms with Crippen molar-refractivity contribution < 1.29 is 22.7 Å². The monoisotopic (exact) mass is 481 g/mol. The van der Waals surface area contributed by atoms with Crippen LogP contribution in [-0.2, 0) is 0 Å². The maximum Gasteiger partial charge on any atom is 0.341 e. The number of nitrogens with zero attached hydrogens (tertiary/aromatic N) is 5. The lowest BCUT2D eigenvalue weighted by Gasteiger charge is -2.40. The SMILES string of the molecule is O=C(N1CC(Oc2nc(C3C4=CC=C3CCC4)ncc2F)C1)N1N=CCC1c1cc(F)cc(F)c1. The Morgan fingerprint density at radius 1 is 1.03 bits per heavy atom. The fraction of sp³-hybridized carbons (Fsp3) is 0.360. The van der Waals surface area contributed by atoms with E-state index in [0.717, 1.165) is 31.5 Å². The molecular formula is C25H22F3N5O2. The van der Waals surface area contributed by atoms with Gasteiger partial charge in [-0.25, -0.2) is 23.6 Å². The van der Waals surface area contributed by atoms with E-state index < -0.39 is 35.6 Å². The zero-order valence-electron chi connectivity index (χ0n) is 18.7. The van der Waals surface area contributed by atoms with E-state index in [2.05, 4.69) is 27.2 Å². The van der Waals surface area contributed by atoms with E-state index in [1.165, 1.54) is 33.2 Å². The highest BCUT2D eigenvalue weighted by molar-refractivity contribution is 5.79. The summed E-state index contributed by atoms with van der Waals surface area (Å²) in [7, 11) is 0. The van der Waals surface area contributed by atoms with Crippen molar-refractivity contribution in [2.45, 2.75) is 43.7 Å². The van der Waals surface area contributed by atoms with E-state index in [0.29, 0.717) is 17.8 Å². The van der Waals surface area contributed by atoms with Crippen molar-refractivity contribution in [3.8, 4) is 5.88 Å². The van der Waals surface area contributed by atoms with E-state index >= 15 is 0 Å². The largest absolute Gasteiger partial charge is 0.468 e. The van der Waals surface area contributed by atoms with Crippen LogP contribution in [0.4, 0.5) is 18.0 Å². The van der Waals surface area contributed by atoms with Crippen LogP contribution in [-0.4, -0.2) is 51.3 Å². The number of amides is 2. The normalized spacial score (nSPS) is 21.7. The highest BCUT2D eigenvalue weighted by atomic mass is 19.1. The zero-order valence-corrected chi connectivity index (χ0v) is 18.7. The molecule has 35 heavy (non-hydrogen) atoms. The minimum atomic E-state index is -0.711. The predicted octanol–water partition coefficient (Wildman–Crippen LogP) is 4.64. The summed E-state index contributed by atoms with van der Waals surface area (Å²) in [6.45, 7) is 0.432. The second-order valence-corrected chi connectivity index (χ2v) is 9.18. The number of likely N-dealkylation sites (tertiary alicyclic amines) is 1. The molecule has 2 bridgehead atoms. The molecule has 0 radical (unpaired) electrons. The third-order valence-corrected chi connectivity index (χ3v) is 6.87. The van der Waals surface area contributed by atoms with Crippen molar-refractivity contribution in [1.29, 1.82) is 0 Å². The molecule has 4 aliphatic rings. The first-order valence-electron chi connectivity index (χ1n) is 11.6. The molecule has 3 heterocycles. The second-order valence-electron chi connectivity index (χ2n) is 9.18. The van der Waals surface area contributed by atoms with Crippen LogP contribution in [0.5, 0.6) is 5.88 Å². The molecule has 1 saturated carbocycles. The zero-order chi connectivity index (χ0) is 24.1. The molecule has 1 saturated heterocycles. The number of fused-ring (bicyclic) bond motifs is 2. The number of carbonyl (C=O) groups excluding carboxylic acids is 1. The highest BCUT2D eigenvalue weighted by Crippen LogP contribution is 2.44. The molecule has 0 spiro atoms. The topological polar surface area (TPSA) is 70.9 Å². The van der Waals surface area contributed by atoms with E-state index in [4.69, 9.17) is 4.74 Å². The van der Waals surface area contributed by atoms with Crippen molar-refractivity contribution in [3.63, 3.8) is 0 Å². The molecule has 2 aliphatic heterocycles. The van der Waals surface area contributed by atoms with Gasteiger partial charge in [-0.05, 0) is 37.0 Å². The number of hydrogen-bond acceptors (Lipinski definition) is 5. The summed E-state index contributed by atoms with van der Waals surface area (Å²) >= 11 is 0. The smallest absolute Gasteiger partial charge is 0.341 e. The number of hydrazone groups is 1. The Labute approximate surface area is 199 Å². The number of ether oxygens (including phenoxy) is 1. The van der Waals surface area contributed by atoms with Gasteiger partial charge in [0.05, 0.1) is 31.2 Å². The maximum atomic E-state index is 14.4. The first kappa shape index (κ1) is 21.8. The molecule has 2 aliphatic carbocycles. The van der Waals surface area contributed by atoms with Crippen molar-refractivity contribution in [2.75, 3.05) is 13.1 Å². The van der Waals surface area contributed by atoms with Gasteiger partial charge in [0.15, 0.2) is 0 Å². The van der Waals surface area contributed by atoms with Gasteiger partial charge in [-0.1, -0.05) is 23.3 Å². The molecule has 1 atom stereocenters. The number of aromatic nitrogens is 2. The number of benzene rings is 1. The number of urea groups is 1. The Morgan fingerprint density at radius 3 is 2.46 bits per heavy atom. The fourth-order valence-corrected chi connectivity index (χ4v) is 5.13. The molecule has 1 aromatic carbocycles. The van der Waals surface area contributed by atoms with Crippen LogP contribution in [0.15, 0.2) is 52.8 Å². The van der Waals surface area contributed by atoms with Crippen LogP contribution in [0.25, 0.3) is 0 Å². The molecular weight excluding hydrogens is 459 g/mol. The number of halogens is 3. The van der Waals surface area contributed by atoms with Crippen LogP contribution in [0.3, 0.4) is 0 Å². The summed E-state index contributed by atoms with van der Waals surface area (Å²) in [4.78, 5) is 23.0. The van der Waals surface area contributed by atoms with E-state index in [1.54, 1.807) is 6.21 Å². The minimum absolute atomic E-state index is 0.0104. The van der Waals surface area contributed by atoms with Gasteiger partial charge in [-0.15, -0.1) is 0 Å². The van der Waals surface area contributed by atoms with E-state index in [-0.39, 0.29) is 24.9 Å². The Morgan fingerprint density at radius 2 is 1.74 bits per heavy atom. The first-order chi connectivity index (χ1) is 17.0. The van der Waals surface area contributed by atoms with E-state index in [9.17, 15) is 18.0 Å². The molecule has 6 rings (SSSR count). The van der Waals surface area contributed by atoms with Crippen LogP contribution in [0.1, 0.15) is 49.0 Å². The van der Waals surface area contributed by atoms with Crippen LogP contribution in [0.2, 0.25) is 0 Å². The van der Waals surface area contributed by atoms with E-state index in [1.807, 2.05) is 0 Å². The highest BCUT2D eigenvalue weighted by Gasteiger charge is 2.40. The van der Waals surface area contributed by atoms with Gasteiger partial charge in [0.1, 0.15) is 23.6 Å². The van der Waals surface area contributed by atoms with Crippen molar-refractivity contribution in [3.05, 3.63) is 76.5 Å². The standard InChI is InChI=1S/C25H22F3N5O2/c26-17-8-16(9-18(27)10-17)21-6-7-30-33(21)25(34)32-12-19(13-32)35-24-20(28)11-29-23(31-24)22-14-2-1-3-15(22)5-4-14/h4-5,7-11,19,21-22H,1-3,6,12-13H2. The average molecular weight is 481 g/mol. The van der Waals surface area contributed by atoms with Gasteiger partial charge in [-0.3, -0.25) is 0 Å². The Bertz CT molecular complexity index is 1250. The van der Waals surface area contributed by atoms with Gasteiger partial charge in [0.25, 0.3) is 5.88 Å². The van der Waals surface area contributed by atoms with Gasteiger partial charge >= 0.3 is 6.03 Å². The molecule has 1 aromatic heterocycles. The average Bonchev–Trinajstić information content (AvgIpc) is 3.38. The molecule has 2 fully saturated rings. The summed E-state index contributed by atoms with van der Waals surface area (Å²) in [5, 5.41) is 5.32. The number of allylic oxidation sites excluding steroid dienone is 4. The fourth-order valence-electron chi connectivity index (χ4n) is 5.13. The molecule has 2 amide bonds. The van der Waals surface area contributed by atoms with Crippen LogP contribution < -0.4 is 4.74 Å². The number of carbonyl (C=O) groups is 1. The molecule has 2 aromatic rings. The Balaban J connectivity index is 1.11. The molecule has 0 N–H and O–H groups in total. The molecule has 7 nitrogen and oxygen atoms in total. The third-order valence-electron chi connectivity index (χ3n) is 6.87. The van der Waals surface area contributed by atoms with Crippen LogP contribution >= 0.6 is 0 Å². The summed E-state index contributed by atoms with van der Waals surface area (Å²) in [6.07, 6.45) is 9.84. The predicted molar refractivity (Wildman–Crippen MR) is 120 cm³/mol. The second kappa shape index (κ2) is 8.51. The lowest BCUT2D eigenvalue weighted by atomic mass is 9.83. The van der Waals surface area contributed by atoms with Crippen LogP contribution in [0, 0.1) is 17.5 Å². The maximum absolute atomic E-state index is 14.4. The lowest BCUT2D eigenvalue weighted by Crippen LogP contribution is -2.59. The first-order valence-corrected chi connectivity index (χ1v) is 11.6. The lowest BCUT2D eigenvalue weighted by molar-refractivity contribution is 0.0227. The van der Waals surface area contributed by atoms with Gasteiger partial charge < -0.3 is 9.64 Å². The summed E-state index contributed by atoms with van der Waals surface area (Å²) in [5.41, 5.74) is 2.81. The molecule has 10 heteroatoms. The Kier molecular flexibility index (Phi) is 5.31. The minimum Gasteiger partial charge on any atom is -0.468 e. The Hall–Kier alpha value is -3.69. The van der Waals surface area contributed by atoms with Crippen molar-refractivity contribution >= 4 is 12.2 Å². The summed E-state index contributed by atoms with van der Waals surface area (Å²) in [6, 6.07) is 2.18. The summed E-state index contributed by atoms with van der Waals surface area (Å²) < 4.78 is 47.5. The number of rotatable bonds is 4. The number of hydrogen-bond donors (Lipinski definition) is 0. The third kappa shape index (κ3) is 3.96. The van der Waals surface area contributed by atoms with Gasteiger partial charge in [0, 0.05) is 18.7 Å². The van der Waals surface area contributed by atoms with Crippen molar-refractivity contribution in [2.24, 2.45) is 5.10 Å². The van der Waals surface area contributed by atoms with Gasteiger partial charge in [0.2, 0.25) is 5.82 Å². The van der Waals surface area contributed by atoms with Crippen molar-refractivity contribution in [1.82, 2.24) is 19.9 Å².